The number of hydrogen-bond acceptors (Lipinski definition) is 5. The number of hydrogen-bond donors (Lipinski definition) is 0. The molecule has 0 aliphatic carbocycles. The van der Waals surface area contributed by atoms with Gasteiger partial charge in [0.05, 0.1) is 11.9 Å². The Labute approximate surface area is 137 Å². The lowest BCUT2D eigenvalue weighted by atomic mass is 10.2. The maximum Gasteiger partial charge on any atom is 0.212 e. The van der Waals surface area contributed by atoms with Gasteiger partial charge in [-0.3, -0.25) is 4.98 Å². The molecule has 0 saturated heterocycles. The molecule has 0 bridgehead atoms. The van der Waals surface area contributed by atoms with E-state index in [2.05, 4.69) is 20.3 Å². The summed E-state index contributed by atoms with van der Waals surface area (Å²) in [4.78, 5) is 4.19. The van der Waals surface area contributed by atoms with Crippen molar-refractivity contribution in [3.05, 3.63) is 71.3 Å². The average molecular weight is 330 g/mol. The molecule has 0 aliphatic heterocycles. The van der Waals surface area contributed by atoms with E-state index in [9.17, 15) is 0 Å². The summed E-state index contributed by atoms with van der Waals surface area (Å²) in [5, 5.41) is 13.8. The van der Waals surface area contributed by atoms with Crippen molar-refractivity contribution in [1.29, 1.82) is 0 Å². The van der Waals surface area contributed by atoms with Gasteiger partial charge in [0.1, 0.15) is 6.33 Å². The Morgan fingerprint density at radius 3 is 2.82 bits per heavy atom. The van der Waals surface area contributed by atoms with E-state index >= 15 is 0 Å². The first kappa shape index (κ1) is 14.7. The predicted octanol–water partition coefficient (Wildman–Crippen LogP) is 3.50. The van der Waals surface area contributed by atoms with Crippen molar-refractivity contribution in [3.63, 3.8) is 0 Å². The maximum absolute atomic E-state index is 5.88. The Morgan fingerprint density at radius 2 is 2.05 bits per heavy atom. The highest BCUT2D eigenvalue weighted by atomic mass is 35.5. The van der Waals surface area contributed by atoms with Crippen LogP contribution in [0.15, 0.2) is 65.2 Å². The van der Waals surface area contributed by atoms with Crippen LogP contribution < -0.4 is 0 Å². The standard InChI is InChI=1S/C15H12ClN5S/c16-13-6-4-12(5-7-13)10-22-15-20-18-11-21(15)19-9-14-3-1-2-8-17-14/h1-9,11H,10H2/b19-9+. The number of aromatic nitrogens is 4. The fraction of sp³-hybridized carbons (Fsp3) is 0.0667. The van der Waals surface area contributed by atoms with Crippen molar-refractivity contribution in [2.24, 2.45) is 5.10 Å². The minimum Gasteiger partial charge on any atom is -0.255 e. The smallest absolute Gasteiger partial charge is 0.212 e. The second-order valence-corrected chi connectivity index (χ2v) is 5.75. The molecule has 0 saturated carbocycles. The van der Waals surface area contributed by atoms with Crippen LogP contribution in [0, 0.1) is 0 Å². The minimum absolute atomic E-state index is 0.724. The van der Waals surface area contributed by atoms with Gasteiger partial charge in [-0.05, 0) is 29.8 Å². The lowest BCUT2D eigenvalue weighted by Crippen LogP contribution is -1.93. The van der Waals surface area contributed by atoms with Gasteiger partial charge in [0.2, 0.25) is 5.16 Å². The first-order valence-electron chi connectivity index (χ1n) is 6.54. The van der Waals surface area contributed by atoms with Crippen molar-refractivity contribution in [2.45, 2.75) is 10.9 Å². The quantitative estimate of drug-likeness (QED) is 0.531. The summed E-state index contributed by atoms with van der Waals surface area (Å²) in [6, 6.07) is 13.4. The zero-order valence-electron chi connectivity index (χ0n) is 11.5. The van der Waals surface area contributed by atoms with E-state index in [-0.39, 0.29) is 0 Å². The largest absolute Gasteiger partial charge is 0.255 e. The van der Waals surface area contributed by atoms with Crippen molar-refractivity contribution >= 4 is 29.6 Å². The highest BCUT2D eigenvalue weighted by Crippen LogP contribution is 2.21. The molecule has 2 aromatic heterocycles. The topological polar surface area (TPSA) is 56.0 Å². The summed E-state index contributed by atoms with van der Waals surface area (Å²) in [6.07, 6.45) is 4.98. The molecule has 0 atom stereocenters. The lowest BCUT2D eigenvalue weighted by Gasteiger charge is -2.01. The van der Waals surface area contributed by atoms with Gasteiger partial charge in [-0.2, -0.15) is 9.78 Å². The fourth-order valence-electron chi connectivity index (χ4n) is 1.70. The average Bonchev–Trinajstić information content (AvgIpc) is 3.01. The summed E-state index contributed by atoms with van der Waals surface area (Å²) in [7, 11) is 0. The van der Waals surface area contributed by atoms with Crippen LogP contribution in [0.1, 0.15) is 11.3 Å². The molecule has 0 unspecified atom stereocenters. The number of thioether (sulfide) groups is 1. The van der Waals surface area contributed by atoms with E-state index in [0.717, 1.165) is 27.2 Å². The third kappa shape index (κ3) is 3.93. The van der Waals surface area contributed by atoms with Crippen molar-refractivity contribution < 1.29 is 0 Å². The van der Waals surface area contributed by atoms with Gasteiger partial charge >= 0.3 is 0 Å². The Bertz CT molecular complexity index is 755. The van der Waals surface area contributed by atoms with Gasteiger partial charge in [0, 0.05) is 17.0 Å². The van der Waals surface area contributed by atoms with E-state index < -0.39 is 0 Å². The molecule has 22 heavy (non-hydrogen) atoms. The summed E-state index contributed by atoms with van der Waals surface area (Å²) in [5.74, 6) is 0.773. The maximum atomic E-state index is 5.88. The van der Waals surface area contributed by atoms with Crippen molar-refractivity contribution in [1.82, 2.24) is 19.9 Å². The van der Waals surface area contributed by atoms with Crippen LogP contribution in [-0.2, 0) is 5.75 Å². The van der Waals surface area contributed by atoms with Crippen LogP contribution in [0.4, 0.5) is 0 Å². The molecule has 0 radical (unpaired) electrons. The van der Waals surface area contributed by atoms with E-state index in [0.29, 0.717) is 0 Å². The molecule has 3 aromatic rings. The van der Waals surface area contributed by atoms with Crippen molar-refractivity contribution in [2.75, 3.05) is 0 Å². The lowest BCUT2D eigenvalue weighted by molar-refractivity contribution is 0.766. The normalized spacial score (nSPS) is 11.1. The second kappa shape index (κ2) is 7.20. The van der Waals surface area contributed by atoms with E-state index in [1.165, 1.54) is 0 Å². The number of benzene rings is 1. The number of nitrogens with zero attached hydrogens (tertiary/aromatic N) is 5. The molecule has 5 nitrogen and oxygen atoms in total. The molecule has 110 valence electrons. The van der Waals surface area contributed by atoms with Crippen LogP contribution in [0.3, 0.4) is 0 Å². The highest BCUT2D eigenvalue weighted by Gasteiger charge is 2.04. The molecular formula is C15H12ClN5S. The van der Waals surface area contributed by atoms with Crippen LogP contribution in [0.5, 0.6) is 0 Å². The molecular weight excluding hydrogens is 318 g/mol. The van der Waals surface area contributed by atoms with Gasteiger partial charge in [0.15, 0.2) is 0 Å². The number of halogens is 1. The third-order valence-corrected chi connectivity index (χ3v) is 4.04. The molecule has 7 heteroatoms. The summed E-state index contributed by atoms with van der Waals surface area (Å²) < 4.78 is 1.63. The summed E-state index contributed by atoms with van der Waals surface area (Å²) >= 11 is 7.44. The molecule has 0 N–H and O–H groups in total. The molecule has 0 amide bonds. The van der Waals surface area contributed by atoms with Crippen LogP contribution in [0.2, 0.25) is 5.02 Å². The van der Waals surface area contributed by atoms with E-state index in [1.807, 2.05) is 42.5 Å². The molecule has 3 rings (SSSR count). The van der Waals surface area contributed by atoms with E-state index in [4.69, 9.17) is 11.6 Å². The zero-order chi connectivity index (χ0) is 15.2. The van der Waals surface area contributed by atoms with Gasteiger partial charge < -0.3 is 0 Å². The molecule has 2 heterocycles. The van der Waals surface area contributed by atoms with Crippen LogP contribution in [0.25, 0.3) is 0 Å². The van der Waals surface area contributed by atoms with Crippen LogP contribution >= 0.6 is 23.4 Å². The first-order valence-corrected chi connectivity index (χ1v) is 7.90. The Morgan fingerprint density at radius 1 is 1.18 bits per heavy atom. The number of pyridine rings is 1. The van der Waals surface area contributed by atoms with Gasteiger partial charge in [-0.1, -0.05) is 41.6 Å². The van der Waals surface area contributed by atoms with E-state index in [1.54, 1.807) is 35.2 Å². The number of rotatable bonds is 5. The molecule has 1 aromatic carbocycles. The van der Waals surface area contributed by atoms with Crippen molar-refractivity contribution in [3.8, 4) is 0 Å². The Balaban J connectivity index is 1.67. The minimum atomic E-state index is 0.724. The Hall–Kier alpha value is -2.18. The summed E-state index contributed by atoms with van der Waals surface area (Å²) in [6.45, 7) is 0. The molecule has 0 fully saturated rings. The highest BCUT2D eigenvalue weighted by molar-refractivity contribution is 7.98. The van der Waals surface area contributed by atoms with Gasteiger partial charge in [-0.15, -0.1) is 10.2 Å². The van der Waals surface area contributed by atoms with Gasteiger partial charge in [-0.25, -0.2) is 0 Å². The molecule has 0 aliphatic rings. The SMILES string of the molecule is Clc1ccc(CSc2nncn2/N=C/c2ccccn2)cc1. The summed E-state index contributed by atoms with van der Waals surface area (Å²) in [5.41, 5.74) is 1.95. The van der Waals surface area contributed by atoms with Crippen LogP contribution in [-0.4, -0.2) is 26.1 Å². The second-order valence-electron chi connectivity index (χ2n) is 4.37. The monoisotopic (exact) mass is 329 g/mol. The zero-order valence-corrected chi connectivity index (χ0v) is 13.1. The van der Waals surface area contributed by atoms with Gasteiger partial charge in [0.25, 0.3) is 0 Å². The predicted molar refractivity (Wildman–Crippen MR) is 88.3 cm³/mol. The fourth-order valence-corrected chi connectivity index (χ4v) is 2.64. The Kier molecular flexibility index (Phi) is 4.82. The first-order chi connectivity index (χ1) is 10.8. The molecule has 0 spiro atoms. The third-order valence-electron chi connectivity index (χ3n) is 2.78.